The van der Waals surface area contributed by atoms with Crippen LogP contribution in [0.5, 0.6) is 0 Å². The molecule has 0 atom stereocenters. The molecule has 7 nitrogen and oxygen atoms in total. The molecule has 2 aromatic carbocycles. The molecule has 5 rings (SSSR count). The second kappa shape index (κ2) is 7.09. The Morgan fingerprint density at radius 3 is 2.66 bits per heavy atom. The highest BCUT2D eigenvalue weighted by Crippen LogP contribution is 2.44. The third-order valence-electron chi connectivity index (χ3n) is 6.07. The van der Waals surface area contributed by atoms with Gasteiger partial charge in [-0.15, -0.1) is 10.2 Å². The highest BCUT2D eigenvalue weighted by atomic mass is 19.1. The Balaban J connectivity index is 1.86. The first-order chi connectivity index (χ1) is 15.3. The molecule has 0 saturated heterocycles. The molecule has 1 aliphatic rings. The van der Waals surface area contributed by atoms with Gasteiger partial charge in [-0.3, -0.25) is 9.25 Å². The van der Waals surface area contributed by atoms with Crippen LogP contribution in [-0.2, 0) is 18.5 Å². The molecule has 2 aromatic heterocycles. The normalized spacial score (nSPS) is 14.3. The van der Waals surface area contributed by atoms with Crippen LogP contribution in [0.3, 0.4) is 0 Å². The maximum absolute atomic E-state index is 15.7. The monoisotopic (exact) mass is 438 g/mol. The van der Waals surface area contributed by atoms with Crippen LogP contribution in [0.15, 0.2) is 24.4 Å². The van der Waals surface area contributed by atoms with E-state index in [0.717, 1.165) is 17.1 Å². The zero-order valence-corrected chi connectivity index (χ0v) is 18.4. The van der Waals surface area contributed by atoms with Crippen LogP contribution in [0, 0.1) is 18.6 Å². The Morgan fingerprint density at radius 1 is 1.16 bits per heavy atom. The van der Waals surface area contributed by atoms with E-state index in [0.29, 0.717) is 40.0 Å². The third kappa shape index (κ3) is 2.84. The highest BCUT2D eigenvalue weighted by Gasteiger charge is 2.36. The summed E-state index contributed by atoms with van der Waals surface area (Å²) in [7, 11) is 0. The van der Waals surface area contributed by atoms with Crippen molar-refractivity contribution in [3.63, 3.8) is 0 Å². The molecule has 166 valence electrons. The van der Waals surface area contributed by atoms with E-state index in [1.54, 1.807) is 6.20 Å². The molecule has 0 unspecified atom stereocenters. The molecule has 0 saturated carbocycles. The lowest BCUT2D eigenvalue weighted by Crippen LogP contribution is -2.36. The van der Waals surface area contributed by atoms with Crippen LogP contribution < -0.4 is 5.32 Å². The van der Waals surface area contributed by atoms with Gasteiger partial charge in [0, 0.05) is 10.9 Å². The van der Waals surface area contributed by atoms with E-state index in [-0.39, 0.29) is 13.2 Å². The van der Waals surface area contributed by atoms with Crippen LogP contribution >= 0.6 is 0 Å². The molecule has 3 heterocycles. The van der Waals surface area contributed by atoms with Crippen LogP contribution in [0.4, 0.5) is 14.5 Å². The number of aryl methyl sites for hydroxylation is 1. The van der Waals surface area contributed by atoms with Gasteiger partial charge in [-0.2, -0.15) is 5.10 Å². The molecule has 0 bridgehead atoms. The van der Waals surface area contributed by atoms with E-state index in [9.17, 15) is 9.50 Å². The average Bonchev–Trinajstić information content (AvgIpc) is 3.31. The molecule has 0 spiro atoms. The van der Waals surface area contributed by atoms with Crippen molar-refractivity contribution >= 4 is 16.6 Å². The molecule has 32 heavy (non-hydrogen) atoms. The Bertz CT molecular complexity index is 1370. The third-order valence-corrected chi connectivity index (χ3v) is 6.07. The summed E-state index contributed by atoms with van der Waals surface area (Å²) >= 11 is 0. The largest absolute Gasteiger partial charge is 0.394 e. The Hall–Kier alpha value is -3.33. The zero-order chi connectivity index (χ0) is 22.8. The number of aromatic nitrogens is 5. The molecular formula is C23H24F2N6O. The van der Waals surface area contributed by atoms with Gasteiger partial charge in [0.15, 0.2) is 5.82 Å². The van der Waals surface area contributed by atoms with Crippen molar-refractivity contribution in [3.8, 4) is 16.8 Å². The zero-order valence-electron chi connectivity index (χ0n) is 18.4. The smallest absolute Gasteiger partial charge is 0.162 e. The number of anilines is 1. The Morgan fingerprint density at radius 2 is 1.94 bits per heavy atom. The number of nitrogens with zero attached hydrogens (tertiary/aromatic N) is 5. The quantitative estimate of drug-likeness (QED) is 0.502. The van der Waals surface area contributed by atoms with Crippen LogP contribution in [0.25, 0.3) is 27.7 Å². The van der Waals surface area contributed by atoms with E-state index in [4.69, 9.17) is 0 Å². The molecule has 4 aromatic rings. The van der Waals surface area contributed by atoms with Crippen LogP contribution in [-0.4, -0.2) is 36.3 Å². The summed E-state index contributed by atoms with van der Waals surface area (Å²) in [6.07, 6.45) is 2.10. The predicted octanol–water partition coefficient (Wildman–Crippen LogP) is 4.09. The van der Waals surface area contributed by atoms with Crippen molar-refractivity contribution in [2.75, 3.05) is 11.9 Å². The predicted molar refractivity (Wildman–Crippen MR) is 118 cm³/mol. The minimum atomic E-state index is -0.537. The lowest BCUT2D eigenvalue weighted by atomic mass is 9.90. The number of fused-ring (bicyclic) bond motifs is 4. The van der Waals surface area contributed by atoms with Gasteiger partial charge in [0.05, 0.1) is 41.8 Å². The number of hydrogen-bond donors (Lipinski definition) is 2. The maximum Gasteiger partial charge on any atom is 0.162 e. The van der Waals surface area contributed by atoms with Gasteiger partial charge >= 0.3 is 0 Å². The molecule has 0 fully saturated rings. The molecular weight excluding hydrogens is 414 g/mol. The maximum atomic E-state index is 15.7. The van der Waals surface area contributed by atoms with Crippen molar-refractivity contribution in [2.24, 2.45) is 0 Å². The number of nitrogens with one attached hydrogen (secondary N) is 1. The summed E-state index contributed by atoms with van der Waals surface area (Å²) in [5.41, 5.74) is 2.89. The van der Waals surface area contributed by atoms with Gasteiger partial charge in [0.25, 0.3) is 0 Å². The first kappa shape index (κ1) is 20.6. The van der Waals surface area contributed by atoms with E-state index in [2.05, 4.69) is 20.6 Å². The summed E-state index contributed by atoms with van der Waals surface area (Å²) in [6.45, 7) is 7.85. The van der Waals surface area contributed by atoms with Gasteiger partial charge < -0.3 is 10.4 Å². The highest BCUT2D eigenvalue weighted by molar-refractivity contribution is 5.97. The minimum Gasteiger partial charge on any atom is -0.394 e. The second-order valence-electron chi connectivity index (χ2n) is 8.60. The number of aliphatic hydroxyl groups excluding tert-OH is 1. The van der Waals surface area contributed by atoms with Crippen molar-refractivity contribution in [3.05, 3.63) is 53.2 Å². The summed E-state index contributed by atoms with van der Waals surface area (Å²) in [4.78, 5) is 0. The lowest BCUT2D eigenvalue weighted by Gasteiger charge is -2.35. The molecule has 0 amide bonds. The Labute approximate surface area is 183 Å². The van der Waals surface area contributed by atoms with Crippen LogP contribution in [0.2, 0.25) is 0 Å². The van der Waals surface area contributed by atoms with Crippen LogP contribution in [0.1, 0.15) is 38.0 Å². The van der Waals surface area contributed by atoms with Gasteiger partial charge in [0.2, 0.25) is 0 Å². The van der Waals surface area contributed by atoms with E-state index in [1.165, 1.54) is 22.9 Å². The van der Waals surface area contributed by atoms with Crippen molar-refractivity contribution in [2.45, 2.75) is 46.2 Å². The topological polar surface area (TPSA) is 80.8 Å². The van der Waals surface area contributed by atoms with Gasteiger partial charge in [-0.1, -0.05) is 6.92 Å². The van der Waals surface area contributed by atoms with Gasteiger partial charge in [-0.05, 0) is 56.5 Å². The van der Waals surface area contributed by atoms with Crippen molar-refractivity contribution in [1.29, 1.82) is 0 Å². The standard InChI is InChI=1S/C23H24F2N6O/c1-5-14-20(15-8-13(24)9-19-16(15)11-26-30(19)6-7-32)17(25)10-18-21(14)31-12(2)28-29-22(31)23(3,4)27-18/h8-11,27,32H,5-7H2,1-4H3. The number of rotatable bonds is 4. The fraction of sp³-hybridized carbons (Fsp3) is 0.348. The van der Waals surface area contributed by atoms with E-state index >= 15 is 4.39 Å². The average molecular weight is 438 g/mol. The molecule has 0 radical (unpaired) electrons. The lowest BCUT2D eigenvalue weighted by molar-refractivity contribution is 0.271. The Kier molecular flexibility index (Phi) is 4.56. The van der Waals surface area contributed by atoms with Gasteiger partial charge in [0.1, 0.15) is 17.5 Å². The second-order valence-corrected chi connectivity index (χ2v) is 8.60. The number of hydrogen-bond acceptors (Lipinski definition) is 5. The SMILES string of the molecule is CCc1c(-c2cc(F)cc3c2cnn3CCO)c(F)cc2c1-n1c(C)nnc1C(C)(C)N2. The summed E-state index contributed by atoms with van der Waals surface area (Å²) < 4.78 is 33.9. The molecule has 9 heteroatoms. The molecule has 0 aliphatic carbocycles. The summed E-state index contributed by atoms with van der Waals surface area (Å²) in [6, 6.07) is 4.16. The first-order valence-corrected chi connectivity index (χ1v) is 10.6. The number of halogens is 2. The number of aliphatic hydroxyl groups is 1. The molecule has 1 aliphatic heterocycles. The van der Waals surface area contributed by atoms with Crippen molar-refractivity contribution in [1.82, 2.24) is 24.5 Å². The first-order valence-electron chi connectivity index (χ1n) is 10.6. The summed E-state index contributed by atoms with van der Waals surface area (Å²) in [5.74, 6) is 0.491. The number of benzene rings is 2. The van der Waals surface area contributed by atoms with E-state index in [1.807, 2.05) is 32.3 Å². The minimum absolute atomic E-state index is 0.132. The molecule has 2 N–H and O–H groups in total. The van der Waals surface area contributed by atoms with E-state index < -0.39 is 17.2 Å². The van der Waals surface area contributed by atoms with Crippen molar-refractivity contribution < 1.29 is 13.9 Å². The van der Waals surface area contributed by atoms with Gasteiger partial charge in [-0.25, -0.2) is 8.78 Å². The fourth-order valence-corrected chi connectivity index (χ4v) is 4.73. The fourth-order valence-electron chi connectivity index (χ4n) is 4.73. The summed E-state index contributed by atoms with van der Waals surface area (Å²) in [5, 5.41) is 26.2.